The van der Waals surface area contributed by atoms with Crippen LogP contribution in [-0.4, -0.2) is 35.0 Å². The molecule has 1 fully saturated rings. The van der Waals surface area contributed by atoms with E-state index in [1.54, 1.807) is 0 Å². The molecule has 4 nitrogen and oxygen atoms in total. The number of amides is 2. The Morgan fingerprint density at radius 2 is 1.19 bits per heavy atom. The summed E-state index contributed by atoms with van der Waals surface area (Å²) in [5, 5.41) is 9.16. The second-order valence-electron chi connectivity index (χ2n) is 7.21. The van der Waals surface area contributed by atoms with Gasteiger partial charge in [0.05, 0.1) is 11.8 Å². The summed E-state index contributed by atoms with van der Waals surface area (Å²) in [5.74, 6) is -1.23. The fourth-order valence-electron chi connectivity index (χ4n) is 4.45. The minimum Gasteiger partial charge on any atom is -0.396 e. The number of carbonyl (C=O) groups is 2. The maximum Gasteiger partial charge on any atom is 0.234 e. The van der Waals surface area contributed by atoms with Gasteiger partial charge >= 0.3 is 0 Å². The van der Waals surface area contributed by atoms with Crippen LogP contribution in [0.1, 0.15) is 29.4 Å². The molecule has 0 spiro atoms. The van der Waals surface area contributed by atoms with Gasteiger partial charge in [-0.2, -0.15) is 0 Å². The van der Waals surface area contributed by atoms with E-state index >= 15 is 0 Å². The molecule has 1 aliphatic carbocycles. The predicted octanol–water partition coefficient (Wildman–Crippen LogP) is 3.11. The Morgan fingerprint density at radius 1 is 0.741 bits per heavy atom. The van der Waals surface area contributed by atoms with Crippen LogP contribution in [0.25, 0.3) is 0 Å². The molecule has 138 valence electrons. The van der Waals surface area contributed by atoms with Crippen LogP contribution in [0.15, 0.2) is 72.8 Å². The van der Waals surface area contributed by atoms with E-state index in [0.29, 0.717) is 6.42 Å². The first-order valence-electron chi connectivity index (χ1n) is 9.46. The number of hydrogen-bond donors (Lipinski definition) is 1. The van der Waals surface area contributed by atoms with Crippen LogP contribution in [0.4, 0.5) is 0 Å². The zero-order chi connectivity index (χ0) is 18.8. The normalized spacial score (nSPS) is 27.1. The number of aliphatic hydroxyl groups excluding tert-OH is 1. The molecule has 2 amide bonds. The van der Waals surface area contributed by atoms with Crippen LogP contribution in [0.5, 0.6) is 0 Å². The highest BCUT2D eigenvalue weighted by molar-refractivity contribution is 6.06. The third-order valence-electron chi connectivity index (χ3n) is 5.70. The van der Waals surface area contributed by atoms with E-state index in [0.717, 1.165) is 11.1 Å². The summed E-state index contributed by atoms with van der Waals surface area (Å²) in [6, 6.07) is 19.8. The van der Waals surface area contributed by atoms with Gasteiger partial charge in [-0.25, -0.2) is 0 Å². The highest BCUT2D eigenvalue weighted by atomic mass is 16.3. The molecule has 0 unspecified atom stereocenters. The highest BCUT2D eigenvalue weighted by Crippen LogP contribution is 2.49. The van der Waals surface area contributed by atoms with Crippen molar-refractivity contribution in [2.24, 2.45) is 11.8 Å². The van der Waals surface area contributed by atoms with Crippen molar-refractivity contribution in [3.8, 4) is 0 Å². The maximum atomic E-state index is 13.2. The van der Waals surface area contributed by atoms with Gasteiger partial charge in [-0.05, 0) is 17.5 Å². The maximum absolute atomic E-state index is 13.2. The number of imide groups is 1. The predicted molar refractivity (Wildman–Crippen MR) is 103 cm³/mol. The van der Waals surface area contributed by atoms with Crippen molar-refractivity contribution in [3.05, 3.63) is 83.9 Å². The van der Waals surface area contributed by atoms with E-state index in [4.69, 9.17) is 5.11 Å². The van der Waals surface area contributed by atoms with Crippen molar-refractivity contribution in [2.45, 2.75) is 18.3 Å². The Balaban J connectivity index is 1.77. The summed E-state index contributed by atoms with van der Waals surface area (Å²) in [4.78, 5) is 27.8. The molecule has 2 aromatic carbocycles. The van der Waals surface area contributed by atoms with E-state index in [2.05, 4.69) is 12.2 Å². The average Bonchev–Trinajstić information content (AvgIpc) is 2.98. The van der Waals surface area contributed by atoms with E-state index < -0.39 is 11.8 Å². The van der Waals surface area contributed by atoms with Crippen molar-refractivity contribution in [3.63, 3.8) is 0 Å². The average molecular weight is 361 g/mol. The minimum absolute atomic E-state index is 0.0329. The molecule has 1 heterocycles. The van der Waals surface area contributed by atoms with Gasteiger partial charge in [0.15, 0.2) is 0 Å². The smallest absolute Gasteiger partial charge is 0.234 e. The molecule has 0 saturated carbocycles. The largest absolute Gasteiger partial charge is 0.396 e. The van der Waals surface area contributed by atoms with Gasteiger partial charge in [-0.1, -0.05) is 72.8 Å². The third kappa shape index (κ3) is 3.10. The van der Waals surface area contributed by atoms with Crippen LogP contribution in [-0.2, 0) is 9.59 Å². The first kappa shape index (κ1) is 17.7. The van der Waals surface area contributed by atoms with Crippen LogP contribution in [0.2, 0.25) is 0 Å². The standard InChI is InChI=1S/C23H23NO3/c25-15-7-14-24-22(26)20-18(16-8-3-1-4-9-16)12-13-19(21(20)23(24)27)17-10-5-2-6-11-17/h1-6,8-13,18-21,25H,7,14-15H2/t18-,19+,20-,21+. The Kier molecular flexibility index (Phi) is 4.90. The molecule has 2 aromatic rings. The van der Waals surface area contributed by atoms with Crippen molar-refractivity contribution < 1.29 is 14.7 Å². The highest BCUT2D eigenvalue weighted by Gasteiger charge is 2.54. The fourth-order valence-corrected chi connectivity index (χ4v) is 4.45. The minimum atomic E-state index is -0.395. The number of fused-ring (bicyclic) bond motifs is 1. The molecule has 4 rings (SSSR count). The van der Waals surface area contributed by atoms with E-state index in [9.17, 15) is 9.59 Å². The van der Waals surface area contributed by atoms with Gasteiger partial charge in [0.1, 0.15) is 0 Å². The van der Waals surface area contributed by atoms with Gasteiger partial charge < -0.3 is 5.11 Å². The van der Waals surface area contributed by atoms with Crippen LogP contribution < -0.4 is 0 Å². The Bertz CT molecular complexity index is 779. The molecular weight excluding hydrogens is 338 g/mol. The van der Waals surface area contributed by atoms with Gasteiger partial charge in [-0.15, -0.1) is 0 Å². The van der Waals surface area contributed by atoms with Crippen molar-refractivity contribution in [1.82, 2.24) is 4.90 Å². The molecule has 4 heteroatoms. The van der Waals surface area contributed by atoms with E-state index in [-0.39, 0.29) is 36.8 Å². The molecule has 0 radical (unpaired) electrons. The Morgan fingerprint density at radius 3 is 1.59 bits per heavy atom. The lowest BCUT2D eigenvalue weighted by Crippen LogP contribution is -2.33. The van der Waals surface area contributed by atoms with Crippen LogP contribution in [0, 0.1) is 11.8 Å². The van der Waals surface area contributed by atoms with Crippen molar-refractivity contribution in [1.29, 1.82) is 0 Å². The second kappa shape index (κ2) is 7.49. The number of nitrogens with zero attached hydrogens (tertiary/aromatic N) is 1. The lowest BCUT2D eigenvalue weighted by molar-refractivity contribution is -0.140. The third-order valence-corrected chi connectivity index (χ3v) is 5.70. The number of allylic oxidation sites excluding steroid dienone is 2. The van der Waals surface area contributed by atoms with Gasteiger partial charge in [0.25, 0.3) is 0 Å². The summed E-state index contributed by atoms with van der Waals surface area (Å²) in [7, 11) is 0. The van der Waals surface area contributed by atoms with E-state index in [1.807, 2.05) is 60.7 Å². The zero-order valence-electron chi connectivity index (χ0n) is 15.1. The van der Waals surface area contributed by atoms with Crippen LogP contribution in [0.3, 0.4) is 0 Å². The number of likely N-dealkylation sites (tertiary alicyclic amines) is 1. The first-order chi connectivity index (χ1) is 13.2. The summed E-state index contributed by atoms with van der Waals surface area (Å²) < 4.78 is 0. The number of aliphatic hydroxyl groups is 1. The van der Waals surface area contributed by atoms with Crippen LogP contribution >= 0.6 is 0 Å². The Hall–Kier alpha value is -2.72. The van der Waals surface area contributed by atoms with Crippen molar-refractivity contribution in [2.75, 3.05) is 13.2 Å². The second-order valence-corrected chi connectivity index (χ2v) is 7.21. The van der Waals surface area contributed by atoms with E-state index in [1.165, 1.54) is 4.90 Å². The van der Waals surface area contributed by atoms with Crippen molar-refractivity contribution >= 4 is 11.8 Å². The SMILES string of the molecule is O=C1[C@@H]2[C@H](C(=O)N1CCCO)[C@@H](c1ccccc1)C=C[C@H]2c1ccccc1. The fraction of sp³-hybridized carbons (Fsp3) is 0.304. The summed E-state index contributed by atoms with van der Waals surface area (Å²) in [6.07, 6.45) is 4.60. The molecule has 1 N–H and O–H groups in total. The zero-order valence-corrected chi connectivity index (χ0v) is 15.1. The molecule has 1 aliphatic heterocycles. The lowest BCUT2D eigenvalue weighted by atomic mass is 9.68. The quantitative estimate of drug-likeness (QED) is 0.658. The van der Waals surface area contributed by atoms with Gasteiger partial charge in [0.2, 0.25) is 11.8 Å². The number of rotatable bonds is 5. The first-order valence-corrected chi connectivity index (χ1v) is 9.46. The number of benzene rings is 2. The number of hydrogen-bond acceptors (Lipinski definition) is 3. The summed E-state index contributed by atoms with van der Waals surface area (Å²) >= 11 is 0. The van der Waals surface area contributed by atoms with Gasteiger partial charge in [0, 0.05) is 25.0 Å². The molecular formula is C23H23NO3. The summed E-state index contributed by atoms with van der Waals surface area (Å²) in [6.45, 7) is 0.249. The molecule has 4 atom stereocenters. The molecule has 1 saturated heterocycles. The summed E-state index contributed by atoms with van der Waals surface area (Å²) in [5.41, 5.74) is 2.11. The van der Waals surface area contributed by atoms with Gasteiger partial charge in [-0.3, -0.25) is 14.5 Å². The number of carbonyl (C=O) groups excluding carboxylic acids is 2. The molecule has 27 heavy (non-hydrogen) atoms. The molecule has 0 bridgehead atoms. The molecule has 0 aromatic heterocycles. The topological polar surface area (TPSA) is 57.6 Å². The Labute approximate surface area is 159 Å². The monoisotopic (exact) mass is 361 g/mol. The lowest BCUT2D eigenvalue weighted by Gasteiger charge is -2.32. The molecule has 2 aliphatic rings.